The molecule has 0 radical (unpaired) electrons. The van der Waals surface area contributed by atoms with Gasteiger partial charge >= 0.3 is 0 Å². The summed E-state index contributed by atoms with van der Waals surface area (Å²) in [5.41, 5.74) is 1.21. The summed E-state index contributed by atoms with van der Waals surface area (Å²) in [5.74, 6) is 0. The predicted molar refractivity (Wildman–Crippen MR) is 40.0 cm³/mol. The van der Waals surface area contributed by atoms with Crippen LogP contribution in [-0.2, 0) is 0 Å². The van der Waals surface area contributed by atoms with Gasteiger partial charge in [0.05, 0.1) is 18.4 Å². The van der Waals surface area contributed by atoms with Gasteiger partial charge in [-0.3, -0.25) is 4.99 Å². The van der Waals surface area contributed by atoms with Gasteiger partial charge in [-0.25, -0.2) is 0 Å². The van der Waals surface area contributed by atoms with Gasteiger partial charge < -0.3 is 4.31 Å². The molecule has 0 bridgehead atoms. The first-order chi connectivity index (χ1) is 4.47. The molecule has 2 aliphatic rings. The molecule has 2 heterocycles. The molecule has 0 amide bonds. The lowest BCUT2D eigenvalue weighted by Gasteiger charge is -2.16. The Balaban J connectivity index is 2.31. The molecule has 0 atom stereocenters. The molecule has 0 N–H and O–H groups in total. The maximum atomic E-state index is 4.03. The molecular formula is C6H6N2S. The summed E-state index contributed by atoms with van der Waals surface area (Å²) in [6.07, 6.45) is 5.85. The lowest BCUT2D eigenvalue weighted by atomic mass is 10.4. The van der Waals surface area contributed by atoms with E-state index < -0.39 is 0 Å². The van der Waals surface area contributed by atoms with Gasteiger partial charge in [0.1, 0.15) is 0 Å². The van der Waals surface area contributed by atoms with Gasteiger partial charge in [0.25, 0.3) is 0 Å². The van der Waals surface area contributed by atoms with Gasteiger partial charge in [-0.05, 0) is 23.4 Å². The third-order valence-electron chi connectivity index (χ3n) is 1.27. The lowest BCUT2D eigenvalue weighted by molar-refractivity contribution is 0.684. The summed E-state index contributed by atoms with van der Waals surface area (Å²) in [4.78, 5) is 4.03. The topological polar surface area (TPSA) is 15.6 Å². The lowest BCUT2D eigenvalue weighted by Crippen LogP contribution is -2.15. The van der Waals surface area contributed by atoms with Crippen LogP contribution in [0, 0.1) is 0 Å². The molecule has 2 nitrogen and oxygen atoms in total. The van der Waals surface area contributed by atoms with Crippen molar-refractivity contribution in [2.75, 3.05) is 6.54 Å². The predicted octanol–water partition coefficient (Wildman–Crippen LogP) is 1.39. The average molecular weight is 138 g/mol. The molecule has 0 aromatic heterocycles. The minimum absolute atomic E-state index is 0.934. The van der Waals surface area contributed by atoms with E-state index in [1.165, 1.54) is 5.70 Å². The van der Waals surface area contributed by atoms with Gasteiger partial charge in [-0.1, -0.05) is 0 Å². The van der Waals surface area contributed by atoms with Crippen molar-refractivity contribution in [1.29, 1.82) is 0 Å². The van der Waals surface area contributed by atoms with Crippen molar-refractivity contribution < 1.29 is 0 Å². The Labute approximate surface area is 58.1 Å². The molecule has 0 aromatic carbocycles. The number of nitrogens with zero attached hydrogens (tertiary/aromatic N) is 2. The van der Waals surface area contributed by atoms with Crippen LogP contribution >= 0.6 is 11.9 Å². The van der Waals surface area contributed by atoms with E-state index in [1.807, 2.05) is 12.4 Å². The Bertz CT molecular complexity index is 205. The summed E-state index contributed by atoms with van der Waals surface area (Å²) in [5, 5.41) is 2.07. The first-order valence-corrected chi connectivity index (χ1v) is 3.63. The van der Waals surface area contributed by atoms with Gasteiger partial charge in [0.2, 0.25) is 0 Å². The van der Waals surface area contributed by atoms with E-state index in [9.17, 15) is 0 Å². The molecule has 2 aliphatic heterocycles. The van der Waals surface area contributed by atoms with E-state index in [2.05, 4.69) is 20.8 Å². The maximum Gasteiger partial charge on any atom is 0.0665 e. The van der Waals surface area contributed by atoms with Crippen molar-refractivity contribution in [3.63, 3.8) is 0 Å². The molecule has 0 fully saturated rings. The van der Waals surface area contributed by atoms with Crippen LogP contribution in [0.1, 0.15) is 0 Å². The Kier molecular flexibility index (Phi) is 1.09. The number of hydrogen-bond donors (Lipinski definition) is 0. The van der Waals surface area contributed by atoms with Crippen molar-refractivity contribution in [3.05, 3.63) is 23.4 Å². The smallest absolute Gasteiger partial charge is 0.0665 e. The summed E-state index contributed by atoms with van der Waals surface area (Å²) in [7, 11) is 0. The van der Waals surface area contributed by atoms with E-state index in [-0.39, 0.29) is 0 Å². The molecule has 0 aliphatic carbocycles. The van der Waals surface area contributed by atoms with Crippen LogP contribution in [0.3, 0.4) is 0 Å². The molecular weight excluding hydrogens is 132 g/mol. The second-order valence-electron chi connectivity index (χ2n) is 1.85. The van der Waals surface area contributed by atoms with Gasteiger partial charge in [-0.2, -0.15) is 0 Å². The summed E-state index contributed by atoms with van der Waals surface area (Å²) in [6, 6.07) is 0. The third kappa shape index (κ3) is 0.772. The van der Waals surface area contributed by atoms with E-state index in [1.54, 1.807) is 11.9 Å². The number of rotatable bonds is 0. The van der Waals surface area contributed by atoms with E-state index in [4.69, 9.17) is 0 Å². The highest BCUT2D eigenvalue weighted by atomic mass is 32.2. The van der Waals surface area contributed by atoms with Gasteiger partial charge in [-0.15, -0.1) is 0 Å². The highest BCUT2D eigenvalue weighted by Crippen LogP contribution is 2.27. The van der Waals surface area contributed by atoms with Crippen LogP contribution < -0.4 is 0 Å². The van der Waals surface area contributed by atoms with Crippen LogP contribution in [-0.4, -0.2) is 17.1 Å². The molecule has 2 rings (SSSR count). The van der Waals surface area contributed by atoms with Gasteiger partial charge in [0.15, 0.2) is 0 Å². The normalized spacial score (nSPS) is 22.2. The summed E-state index contributed by atoms with van der Waals surface area (Å²) < 4.78 is 2.19. The minimum Gasteiger partial charge on any atom is -0.306 e. The van der Waals surface area contributed by atoms with Gasteiger partial charge in [0, 0.05) is 6.21 Å². The van der Waals surface area contributed by atoms with E-state index in [0.717, 1.165) is 6.54 Å². The molecule has 46 valence electrons. The number of allylic oxidation sites excluding steroid dienone is 1. The van der Waals surface area contributed by atoms with Crippen LogP contribution in [0.4, 0.5) is 0 Å². The minimum atomic E-state index is 0.934. The number of fused-ring (bicyclic) bond motifs is 1. The maximum absolute atomic E-state index is 4.03. The summed E-state index contributed by atoms with van der Waals surface area (Å²) >= 11 is 1.72. The molecule has 0 saturated carbocycles. The molecule has 0 aromatic rings. The fraction of sp³-hybridized carbons (Fsp3) is 0.167. The zero-order valence-corrected chi connectivity index (χ0v) is 5.64. The largest absolute Gasteiger partial charge is 0.306 e. The standard InChI is InChI=1S/C6H6N2S/c1-4-9-8-3-2-7-5-6(1)8/h1-2,4-5H,3H2. The monoisotopic (exact) mass is 138 g/mol. The van der Waals surface area contributed by atoms with Crippen molar-refractivity contribution >= 4 is 18.2 Å². The van der Waals surface area contributed by atoms with Crippen LogP contribution in [0.2, 0.25) is 0 Å². The van der Waals surface area contributed by atoms with Crippen molar-refractivity contribution in [3.8, 4) is 0 Å². The zero-order chi connectivity index (χ0) is 6.10. The Hall–Kier alpha value is -0.700. The fourth-order valence-corrected chi connectivity index (χ4v) is 1.55. The van der Waals surface area contributed by atoms with E-state index in [0.29, 0.717) is 0 Å². The van der Waals surface area contributed by atoms with Crippen LogP contribution in [0.5, 0.6) is 0 Å². The molecule has 9 heavy (non-hydrogen) atoms. The van der Waals surface area contributed by atoms with Crippen molar-refractivity contribution in [2.24, 2.45) is 4.99 Å². The van der Waals surface area contributed by atoms with Crippen LogP contribution in [0.25, 0.3) is 0 Å². The molecule has 3 heteroatoms. The van der Waals surface area contributed by atoms with Crippen molar-refractivity contribution in [2.45, 2.75) is 0 Å². The number of hydrogen-bond acceptors (Lipinski definition) is 3. The quantitative estimate of drug-likeness (QED) is 0.470. The second kappa shape index (κ2) is 1.92. The molecule has 0 spiro atoms. The zero-order valence-electron chi connectivity index (χ0n) is 4.82. The Morgan fingerprint density at radius 1 is 1.67 bits per heavy atom. The second-order valence-corrected chi connectivity index (χ2v) is 2.78. The third-order valence-corrected chi connectivity index (χ3v) is 2.15. The van der Waals surface area contributed by atoms with Crippen LogP contribution in [0.15, 0.2) is 28.4 Å². The molecule has 0 unspecified atom stereocenters. The average Bonchev–Trinajstić information content (AvgIpc) is 2.33. The highest BCUT2D eigenvalue weighted by molar-refractivity contribution is 8.00. The first-order valence-electron chi connectivity index (χ1n) is 2.79. The molecule has 0 saturated heterocycles. The Morgan fingerprint density at radius 3 is 3.56 bits per heavy atom. The highest BCUT2D eigenvalue weighted by Gasteiger charge is 2.12. The number of aliphatic imine (C=N–C) groups is 1. The SMILES string of the molecule is C1=CC2=CN=CCN2S1. The fourth-order valence-electron chi connectivity index (χ4n) is 0.824. The van der Waals surface area contributed by atoms with Crippen molar-refractivity contribution in [1.82, 2.24) is 4.31 Å². The van der Waals surface area contributed by atoms with E-state index >= 15 is 0 Å². The first kappa shape index (κ1) is 5.11. The summed E-state index contributed by atoms with van der Waals surface area (Å²) in [6.45, 7) is 0.934. The Morgan fingerprint density at radius 2 is 2.67 bits per heavy atom.